The molecule has 0 radical (unpaired) electrons. The van der Waals surface area contributed by atoms with Crippen molar-refractivity contribution in [2.45, 2.75) is 32.7 Å². The van der Waals surface area contributed by atoms with E-state index in [0.29, 0.717) is 9.99 Å². The first-order valence-corrected chi connectivity index (χ1v) is 8.45. The maximum atomic E-state index is 12.3. The van der Waals surface area contributed by atoms with Gasteiger partial charge in [-0.15, -0.1) is 0 Å². The fourth-order valence-electron chi connectivity index (χ4n) is 2.59. The lowest BCUT2D eigenvalue weighted by Gasteiger charge is -2.21. The Morgan fingerprint density at radius 3 is 2.33 bits per heavy atom. The van der Waals surface area contributed by atoms with Crippen LogP contribution in [0, 0.1) is 13.8 Å². The number of carbonyl (C=O) groups excluding carboxylic acids is 2. The molecule has 21 heavy (non-hydrogen) atoms. The number of nitrogens with one attached hydrogen (secondary N) is 1. The maximum absolute atomic E-state index is 12.3. The summed E-state index contributed by atoms with van der Waals surface area (Å²) in [6.45, 7) is 3.81. The van der Waals surface area contributed by atoms with Crippen molar-refractivity contribution in [3.63, 3.8) is 0 Å². The molecule has 1 atom stereocenters. The Labute approximate surface area is 124 Å². The molecule has 0 saturated carbocycles. The van der Waals surface area contributed by atoms with E-state index in [1.165, 1.54) is 0 Å². The van der Waals surface area contributed by atoms with E-state index >= 15 is 0 Å². The SMILES string of the molecule is Cc1cc(C)cc(NC(=O)C2CCC(=O)N2S(C)(=O)=O)c1. The van der Waals surface area contributed by atoms with Crippen molar-refractivity contribution in [1.29, 1.82) is 0 Å². The summed E-state index contributed by atoms with van der Waals surface area (Å²) < 4.78 is 24.0. The minimum Gasteiger partial charge on any atom is -0.324 e. The summed E-state index contributed by atoms with van der Waals surface area (Å²) in [5.74, 6) is -1.01. The largest absolute Gasteiger partial charge is 0.324 e. The average Bonchev–Trinajstić information content (AvgIpc) is 2.69. The van der Waals surface area contributed by atoms with Crippen LogP contribution >= 0.6 is 0 Å². The summed E-state index contributed by atoms with van der Waals surface area (Å²) in [6, 6.07) is 4.60. The first-order valence-electron chi connectivity index (χ1n) is 6.60. The van der Waals surface area contributed by atoms with Gasteiger partial charge in [-0.1, -0.05) is 6.07 Å². The topological polar surface area (TPSA) is 83.6 Å². The summed E-state index contributed by atoms with van der Waals surface area (Å²) in [5, 5.41) is 2.69. The predicted molar refractivity (Wildman–Crippen MR) is 79.3 cm³/mol. The van der Waals surface area contributed by atoms with Gasteiger partial charge in [0.15, 0.2) is 0 Å². The van der Waals surface area contributed by atoms with Crippen LogP contribution in [0.15, 0.2) is 18.2 Å². The van der Waals surface area contributed by atoms with E-state index in [2.05, 4.69) is 5.32 Å². The summed E-state index contributed by atoms with van der Waals surface area (Å²) in [7, 11) is -3.73. The molecule has 1 aromatic rings. The summed E-state index contributed by atoms with van der Waals surface area (Å²) in [5.41, 5.74) is 2.59. The van der Waals surface area contributed by atoms with Gasteiger partial charge in [-0.2, -0.15) is 0 Å². The van der Waals surface area contributed by atoms with Gasteiger partial charge in [0.25, 0.3) is 0 Å². The van der Waals surface area contributed by atoms with E-state index in [-0.39, 0.29) is 12.8 Å². The van der Waals surface area contributed by atoms with Crippen molar-refractivity contribution in [3.05, 3.63) is 29.3 Å². The second kappa shape index (κ2) is 5.48. The highest BCUT2D eigenvalue weighted by molar-refractivity contribution is 7.89. The van der Waals surface area contributed by atoms with Crippen LogP contribution < -0.4 is 5.32 Å². The van der Waals surface area contributed by atoms with Crippen molar-refractivity contribution in [1.82, 2.24) is 4.31 Å². The molecule has 1 unspecified atom stereocenters. The maximum Gasteiger partial charge on any atom is 0.248 e. The molecule has 0 bridgehead atoms. The third-order valence-electron chi connectivity index (χ3n) is 3.31. The van der Waals surface area contributed by atoms with Crippen LogP contribution in [0.5, 0.6) is 0 Å². The lowest BCUT2D eigenvalue weighted by Crippen LogP contribution is -2.44. The first kappa shape index (κ1) is 15.5. The molecule has 2 rings (SSSR count). The molecular weight excluding hydrogens is 292 g/mol. The summed E-state index contributed by atoms with van der Waals surface area (Å²) in [6.07, 6.45) is 1.22. The molecule has 0 aliphatic carbocycles. The first-order chi connectivity index (χ1) is 9.68. The average molecular weight is 310 g/mol. The van der Waals surface area contributed by atoms with Crippen LogP contribution in [0.3, 0.4) is 0 Å². The lowest BCUT2D eigenvalue weighted by molar-refractivity contribution is -0.128. The predicted octanol–water partition coefficient (Wildman–Crippen LogP) is 1.19. The molecule has 1 aliphatic rings. The van der Waals surface area contributed by atoms with Gasteiger partial charge in [0.1, 0.15) is 6.04 Å². The van der Waals surface area contributed by atoms with Crippen molar-refractivity contribution in [2.75, 3.05) is 11.6 Å². The molecule has 1 aliphatic heterocycles. The number of aryl methyl sites for hydroxylation is 2. The third-order valence-corrected chi connectivity index (χ3v) is 4.48. The highest BCUT2D eigenvalue weighted by Crippen LogP contribution is 2.23. The van der Waals surface area contributed by atoms with Gasteiger partial charge in [0, 0.05) is 12.1 Å². The smallest absolute Gasteiger partial charge is 0.248 e. The van der Waals surface area contributed by atoms with Gasteiger partial charge in [-0.3, -0.25) is 9.59 Å². The summed E-state index contributed by atoms with van der Waals surface area (Å²) in [4.78, 5) is 23.9. The number of nitrogens with zero attached hydrogens (tertiary/aromatic N) is 1. The minimum atomic E-state index is -3.73. The molecule has 114 valence electrons. The standard InChI is InChI=1S/C14H18N2O4S/c1-9-6-10(2)8-11(7-9)15-14(18)12-4-5-13(17)16(12)21(3,19)20/h6-8,12H,4-5H2,1-3H3,(H,15,18). The number of benzene rings is 1. The Morgan fingerprint density at radius 1 is 1.24 bits per heavy atom. The van der Waals surface area contributed by atoms with E-state index < -0.39 is 27.9 Å². The van der Waals surface area contributed by atoms with E-state index in [0.717, 1.165) is 17.4 Å². The van der Waals surface area contributed by atoms with E-state index in [9.17, 15) is 18.0 Å². The lowest BCUT2D eigenvalue weighted by atomic mass is 10.1. The van der Waals surface area contributed by atoms with Gasteiger partial charge in [-0.25, -0.2) is 12.7 Å². The Kier molecular flexibility index (Phi) is 4.04. The minimum absolute atomic E-state index is 0.0675. The highest BCUT2D eigenvalue weighted by atomic mass is 32.2. The zero-order valence-electron chi connectivity index (χ0n) is 12.2. The normalized spacial score (nSPS) is 18.9. The third kappa shape index (κ3) is 3.41. The fraction of sp³-hybridized carbons (Fsp3) is 0.429. The molecular formula is C14H18N2O4S. The van der Waals surface area contributed by atoms with Gasteiger partial charge in [0.05, 0.1) is 6.26 Å². The Bertz CT molecular complexity index is 677. The van der Waals surface area contributed by atoms with Crippen molar-refractivity contribution in [2.24, 2.45) is 0 Å². The number of sulfonamides is 1. The van der Waals surface area contributed by atoms with Crippen molar-refractivity contribution >= 4 is 27.5 Å². The number of carbonyl (C=O) groups is 2. The van der Waals surface area contributed by atoms with Gasteiger partial charge in [0.2, 0.25) is 21.8 Å². The quantitative estimate of drug-likeness (QED) is 0.909. The van der Waals surface area contributed by atoms with Crippen molar-refractivity contribution < 1.29 is 18.0 Å². The second-order valence-corrected chi connectivity index (χ2v) is 7.23. The number of rotatable bonds is 3. The molecule has 1 saturated heterocycles. The summed E-state index contributed by atoms with van der Waals surface area (Å²) >= 11 is 0. The Balaban J connectivity index is 2.22. The Morgan fingerprint density at radius 2 is 1.81 bits per heavy atom. The molecule has 1 heterocycles. The van der Waals surface area contributed by atoms with Crippen LogP contribution in [0.4, 0.5) is 5.69 Å². The molecule has 1 N–H and O–H groups in total. The molecule has 6 nitrogen and oxygen atoms in total. The molecule has 0 spiro atoms. The molecule has 2 amide bonds. The van der Waals surface area contributed by atoms with E-state index in [1.807, 2.05) is 19.9 Å². The number of hydrogen-bond donors (Lipinski definition) is 1. The van der Waals surface area contributed by atoms with Crippen LogP contribution in [0.2, 0.25) is 0 Å². The van der Waals surface area contributed by atoms with Crippen LogP contribution in [0.25, 0.3) is 0 Å². The van der Waals surface area contributed by atoms with Gasteiger partial charge < -0.3 is 5.32 Å². The van der Waals surface area contributed by atoms with E-state index in [1.54, 1.807) is 12.1 Å². The molecule has 7 heteroatoms. The van der Waals surface area contributed by atoms with Crippen LogP contribution in [0.1, 0.15) is 24.0 Å². The highest BCUT2D eigenvalue weighted by Gasteiger charge is 2.41. The molecule has 1 aromatic carbocycles. The van der Waals surface area contributed by atoms with E-state index in [4.69, 9.17) is 0 Å². The zero-order chi connectivity index (χ0) is 15.8. The number of anilines is 1. The monoisotopic (exact) mass is 310 g/mol. The number of hydrogen-bond acceptors (Lipinski definition) is 4. The van der Waals surface area contributed by atoms with Crippen LogP contribution in [-0.2, 0) is 19.6 Å². The molecule has 0 aromatic heterocycles. The fourth-order valence-corrected chi connectivity index (χ4v) is 3.71. The molecule has 1 fully saturated rings. The van der Waals surface area contributed by atoms with Gasteiger partial charge >= 0.3 is 0 Å². The van der Waals surface area contributed by atoms with Crippen molar-refractivity contribution in [3.8, 4) is 0 Å². The van der Waals surface area contributed by atoms with Crippen LogP contribution in [-0.4, -0.2) is 36.8 Å². The van der Waals surface area contributed by atoms with Gasteiger partial charge in [-0.05, 0) is 43.5 Å². The zero-order valence-corrected chi connectivity index (χ0v) is 13.0. The number of amides is 2. The second-order valence-electron chi connectivity index (χ2n) is 5.37. The Hall–Kier alpha value is -1.89.